The van der Waals surface area contributed by atoms with Crippen molar-refractivity contribution in [2.24, 2.45) is 5.92 Å². The molecule has 0 bridgehead atoms. The molecule has 94 valence electrons. The largest absolute Gasteiger partial charge is 0.300 e. The van der Waals surface area contributed by atoms with Crippen molar-refractivity contribution in [3.63, 3.8) is 0 Å². The predicted molar refractivity (Wildman–Crippen MR) is 73.4 cm³/mol. The molecule has 0 aromatic heterocycles. The highest BCUT2D eigenvalue weighted by molar-refractivity contribution is 6.83. The van der Waals surface area contributed by atoms with Gasteiger partial charge in [0.15, 0.2) is 0 Å². The molecule has 0 aromatic carbocycles. The predicted octanol–water partition coefficient (Wildman–Crippen LogP) is 2.31. The number of carbonyl (C=O) groups is 1. The Morgan fingerprint density at radius 3 is 2.29 bits per heavy atom. The van der Waals surface area contributed by atoms with E-state index >= 15 is 0 Å². The molecule has 0 amide bonds. The van der Waals surface area contributed by atoms with Crippen LogP contribution in [0.4, 0.5) is 0 Å². The van der Waals surface area contributed by atoms with Gasteiger partial charge in [0.2, 0.25) is 0 Å². The van der Waals surface area contributed by atoms with Gasteiger partial charge in [-0.3, -0.25) is 9.69 Å². The van der Waals surface area contributed by atoms with E-state index in [2.05, 4.69) is 36.0 Å². The fraction of sp³-hybridized carbons (Fsp3) is 0.786. The number of carbonyl (C=O) groups excluding carboxylic acids is 1. The molecule has 0 spiro atoms. The summed E-state index contributed by atoms with van der Waals surface area (Å²) in [6, 6.07) is 0.440. The maximum absolute atomic E-state index is 11.3. The van der Waals surface area contributed by atoms with Gasteiger partial charge in [0.1, 0.15) is 13.9 Å². The number of likely N-dealkylation sites (tertiary alicyclic amines) is 1. The highest BCUT2D eigenvalue weighted by Crippen LogP contribution is 2.35. The second kappa shape index (κ2) is 4.95. The number of rotatable bonds is 2. The Kier molecular flexibility index (Phi) is 3.75. The average molecular weight is 249 g/mol. The molecule has 1 saturated carbocycles. The maximum Gasteiger partial charge on any atom is 0.135 e. The van der Waals surface area contributed by atoms with Crippen LogP contribution in [0.15, 0.2) is 0 Å². The Balaban J connectivity index is 2.01. The molecule has 1 atom stereocenters. The lowest BCUT2D eigenvalue weighted by Crippen LogP contribution is -2.42. The third-order valence-corrected chi connectivity index (χ3v) is 4.31. The van der Waals surface area contributed by atoms with E-state index in [1.54, 1.807) is 0 Å². The number of hydrogen-bond acceptors (Lipinski definition) is 2. The van der Waals surface area contributed by atoms with Gasteiger partial charge in [0.25, 0.3) is 0 Å². The zero-order valence-corrected chi connectivity index (χ0v) is 12.3. The van der Waals surface area contributed by atoms with Crippen molar-refractivity contribution in [3.8, 4) is 11.5 Å². The highest BCUT2D eigenvalue weighted by atomic mass is 28.3. The van der Waals surface area contributed by atoms with E-state index in [-0.39, 0.29) is 0 Å². The van der Waals surface area contributed by atoms with Crippen LogP contribution in [0.1, 0.15) is 25.7 Å². The van der Waals surface area contributed by atoms with E-state index in [1.165, 1.54) is 12.8 Å². The van der Waals surface area contributed by atoms with Crippen molar-refractivity contribution in [3.05, 3.63) is 0 Å². The van der Waals surface area contributed by atoms with Crippen LogP contribution in [0.25, 0.3) is 0 Å². The second-order valence-electron chi connectivity index (χ2n) is 6.38. The summed E-state index contributed by atoms with van der Waals surface area (Å²) in [5.74, 6) is 4.74. The molecular weight excluding hydrogens is 226 g/mol. The molecule has 0 N–H and O–H groups in total. The summed E-state index contributed by atoms with van der Waals surface area (Å²) >= 11 is 0. The molecule has 0 aromatic rings. The van der Waals surface area contributed by atoms with Gasteiger partial charge in [-0.25, -0.2) is 0 Å². The average Bonchev–Trinajstić information content (AvgIpc) is 3.03. The zero-order chi connectivity index (χ0) is 12.5. The first-order chi connectivity index (χ1) is 7.96. The summed E-state index contributed by atoms with van der Waals surface area (Å²) in [6.07, 6.45) is 4.13. The molecule has 1 saturated heterocycles. The standard InChI is InChI=1S/C14H23NOSi/c1-17(2,3)11-8-14(12-4-5-12)15-9-6-13(16)7-10-15/h12,14H,4-7,9-10H2,1-3H3/t14-/m1/s1. The quantitative estimate of drug-likeness (QED) is 0.553. The minimum Gasteiger partial charge on any atom is -0.300 e. The first-order valence-electron chi connectivity index (χ1n) is 6.74. The van der Waals surface area contributed by atoms with Gasteiger partial charge in [-0.2, -0.15) is 0 Å². The molecule has 3 heteroatoms. The number of Topliss-reactive ketones (excluding diaryl/α,β-unsaturated/α-hetero) is 1. The molecule has 2 rings (SSSR count). The van der Waals surface area contributed by atoms with Crippen LogP contribution in [0.5, 0.6) is 0 Å². The minimum absolute atomic E-state index is 0.425. The van der Waals surface area contributed by atoms with Crippen molar-refractivity contribution < 1.29 is 4.79 Å². The van der Waals surface area contributed by atoms with Crippen LogP contribution in [-0.4, -0.2) is 37.9 Å². The Hall–Kier alpha value is -0.593. The van der Waals surface area contributed by atoms with E-state index < -0.39 is 8.07 Å². The topological polar surface area (TPSA) is 20.3 Å². The molecule has 2 nitrogen and oxygen atoms in total. The zero-order valence-electron chi connectivity index (χ0n) is 11.3. The van der Waals surface area contributed by atoms with Crippen LogP contribution in [-0.2, 0) is 4.79 Å². The van der Waals surface area contributed by atoms with Gasteiger partial charge < -0.3 is 0 Å². The molecule has 0 radical (unpaired) electrons. The molecule has 1 aliphatic heterocycles. The van der Waals surface area contributed by atoms with E-state index in [1.807, 2.05) is 0 Å². The molecule has 17 heavy (non-hydrogen) atoms. The summed E-state index contributed by atoms with van der Waals surface area (Å²) < 4.78 is 0. The molecule has 2 aliphatic rings. The number of piperidine rings is 1. The van der Waals surface area contributed by atoms with E-state index in [4.69, 9.17) is 0 Å². The van der Waals surface area contributed by atoms with Crippen molar-refractivity contribution in [2.75, 3.05) is 13.1 Å². The summed E-state index contributed by atoms with van der Waals surface area (Å²) in [7, 11) is -1.27. The van der Waals surface area contributed by atoms with Crippen molar-refractivity contribution in [1.82, 2.24) is 4.90 Å². The number of nitrogens with zero attached hydrogens (tertiary/aromatic N) is 1. The van der Waals surface area contributed by atoms with Gasteiger partial charge >= 0.3 is 0 Å². The van der Waals surface area contributed by atoms with Crippen LogP contribution in [0.2, 0.25) is 19.6 Å². The fourth-order valence-corrected chi connectivity index (χ4v) is 2.84. The van der Waals surface area contributed by atoms with Crippen molar-refractivity contribution in [2.45, 2.75) is 51.4 Å². The molecule has 2 fully saturated rings. The molecule has 1 aliphatic carbocycles. The van der Waals surface area contributed by atoms with Crippen LogP contribution in [0.3, 0.4) is 0 Å². The summed E-state index contributed by atoms with van der Waals surface area (Å²) in [5, 5.41) is 0. The lowest BCUT2D eigenvalue weighted by Gasteiger charge is -2.31. The number of hydrogen-bond donors (Lipinski definition) is 0. The van der Waals surface area contributed by atoms with Gasteiger partial charge in [0.05, 0.1) is 6.04 Å². The summed E-state index contributed by atoms with van der Waals surface area (Å²) in [4.78, 5) is 13.7. The molecule has 1 heterocycles. The lowest BCUT2D eigenvalue weighted by molar-refractivity contribution is -0.121. The van der Waals surface area contributed by atoms with Crippen molar-refractivity contribution >= 4 is 13.9 Å². The van der Waals surface area contributed by atoms with E-state index in [0.29, 0.717) is 11.8 Å². The maximum atomic E-state index is 11.3. The lowest BCUT2D eigenvalue weighted by atomic mass is 10.0. The first kappa shape index (κ1) is 12.9. The van der Waals surface area contributed by atoms with E-state index in [0.717, 1.165) is 31.8 Å². The Bertz CT molecular complexity index is 347. The Labute approximate surface area is 106 Å². The Morgan fingerprint density at radius 1 is 1.24 bits per heavy atom. The van der Waals surface area contributed by atoms with Gasteiger partial charge in [-0.05, 0) is 18.8 Å². The third-order valence-electron chi connectivity index (χ3n) is 3.41. The fourth-order valence-electron chi connectivity index (χ4n) is 2.26. The summed E-state index contributed by atoms with van der Waals surface area (Å²) in [5.41, 5.74) is 3.51. The van der Waals surface area contributed by atoms with Gasteiger partial charge in [-0.15, -0.1) is 5.54 Å². The van der Waals surface area contributed by atoms with Gasteiger partial charge in [-0.1, -0.05) is 25.6 Å². The number of ketones is 1. The third kappa shape index (κ3) is 3.97. The highest BCUT2D eigenvalue weighted by Gasteiger charge is 2.35. The normalized spacial score (nSPS) is 24.1. The van der Waals surface area contributed by atoms with Gasteiger partial charge in [0, 0.05) is 25.9 Å². The van der Waals surface area contributed by atoms with E-state index in [9.17, 15) is 4.79 Å². The van der Waals surface area contributed by atoms with Crippen LogP contribution in [0, 0.1) is 17.4 Å². The first-order valence-corrected chi connectivity index (χ1v) is 10.2. The van der Waals surface area contributed by atoms with Crippen LogP contribution >= 0.6 is 0 Å². The molecular formula is C14H23NOSi. The summed E-state index contributed by atoms with van der Waals surface area (Å²) in [6.45, 7) is 8.75. The van der Waals surface area contributed by atoms with Crippen molar-refractivity contribution in [1.29, 1.82) is 0 Å². The minimum atomic E-state index is -1.27. The second-order valence-corrected chi connectivity index (χ2v) is 11.1. The monoisotopic (exact) mass is 249 g/mol. The SMILES string of the molecule is C[Si](C)(C)C#C[C@H](C1CC1)N1CCC(=O)CC1. The smallest absolute Gasteiger partial charge is 0.135 e. The molecule has 0 unspecified atom stereocenters. The Morgan fingerprint density at radius 2 is 1.82 bits per heavy atom. The van der Waals surface area contributed by atoms with Crippen LogP contribution < -0.4 is 0 Å².